The van der Waals surface area contributed by atoms with E-state index in [4.69, 9.17) is 4.74 Å². The predicted molar refractivity (Wildman–Crippen MR) is 94.0 cm³/mol. The number of carbonyl (C=O) groups excluding carboxylic acids is 1. The molecule has 132 valence electrons. The quantitative estimate of drug-likeness (QED) is 0.721. The van der Waals surface area contributed by atoms with E-state index in [1.807, 2.05) is 24.3 Å². The zero-order chi connectivity index (χ0) is 17.7. The van der Waals surface area contributed by atoms with Gasteiger partial charge >= 0.3 is 0 Å². The molecule has 1 fully saturated rings. The van der Waals surface area contributed by atoms with Gasteiger partial charge in [-0.05, 0) is 29.8 Å². The van der Waals surface area contributed by atoms with Crippen molar-refractivity contribution in [3.8, 4) is 0 Å². The van der Waals surface area contributed by atoms with Crippen molar-refractivity contribution in [2.24, 2.45) is 5.41 Å². The van der Waals surface area contributed by atoms with E-state index in [0.717, 1.165) is 11.3 Å². The Morgan fingerprint density at radius 1 is 1.16 bits per heavy atom. The number of aliphatic hydroxyl groups excluding tert-OH is 1. The van der Waals surface area contributed by atoms with Gasteiger partial charge in [0.15, 0.2) is 0 Å². The number of carbonyl (C=O) groups is 1. The van der Waals surface area contributed by atoms with E-state index in [1.54, 1.807) is 12.1 Å². The van der Waals surface area contributed by atoms with Crippen LogP contribution in [-0.2, 0) is 16.0 Å². The SMILES string of the molecule is O=C(Cc1ccc(NCC2(CO)COC2)cc1)Nc1ccccc1F. The molecule has 1 aliphatic heterocycles. The summed E-state index contributed by atoms with van der Waals surface area (Å²) in [7, 11) is 0. The normalized spacial score (nSPS) is 15.3. The van der Waals surface area contributed by atoms with Gasteiger partial charge in [-0.2, -0.15) is 0 Å². The number of rotatable bonds is 7. The lowest BCUT2D eigenvalue weighted by molar-refractivity contribution is -0.128. The molecular formula is C19H21FN2O3. The van der Waals surface area contributed by atoms with Crippen molar-refractivity contribution in [3.63, 3.8) is 0 Å². The molecule has 0 radical (unpaired) electrons. The number of halogens is 1. The smallest absolute Gasteiger partial charge is 0.228 e. The Morgan fingerprint density at radius 2 is 1.88 bits per heavy atom. The lowest BCUT2D eigenvalue weighted by Crippen LogP contribution is -2.50. The van der Waals surface area contributed by atoms with Crippen molar-refractivity contribution < 1.29 is 19.0 Å². The molecule has 0 aliphatic carbocycles. The maximum Gasteiger partial charge on any atom is 0.228 e. The van der Waals surface area contributed by atoms with Crippen molar-refractivity contribution in [2.75, 3.05) is 37.0 Å². The van der Waals surface area contributed by atoms with Gasteiger partial charge in [-0.15, -0.1) is 0 Å². The van der Waals surface area contributed by atoms with Gasteiger partial charge in [-0.1, -0.05) is 24.3 Å². The van der Waals surface area contributed by atoms with Crippen LogP contribution < -0.4 is 10.6 Å². The Hall–Kier alpha value is -2.44. The van der Waals surface area contributed by atoms with Crippen LogP contribution in [0.2, 0.25) is 0 Å². The van der Waals surface area contributed by atoms with Crippen LogP contribution >= 0.6 is 0 Å². The first-order chi connectivity index (χ1) is 12.1. The third-order valence-electron chi connectivity index (χ3n) is 4.29. The zero-order valence-electron chi connectivity index (χ0n) is 13.8. The largest absolute Gasteiger partial charge is 0.396 e. The molecule has 0 unspecified atom stereocenters. The summed E-state index contributed by atoms with van der Waals surface area (Å²) < 4.78 is 18.7. The molecule has 6 heteroatoms. The van der Waals surface area contributed by atoms with E-state index >= 15 is 0 Å². The van der Waals surface area contributed by atoms with Gasteiger partial charge in [0.25, 0.3) is 0 Å². The molecule has 0 atom stereocenters. The fraction of sp³-hybridized carbons (Fsp3) is 0.316. The second kappa shape index (κ2) is 7.63. The maximum absolute atomic E-state index is 13.5. The highest BCUT2D eigenvalue weighted by Crippen LogP contribution is 2.27. The molecule has 3 rings (SSSR count). The van der Waals surface area contributed by atoms with E-state index in [9.17, 15) is 14.3 Å². The van der Waals surface area contributed by atoms with Gasteiger partial charge in [0.1, 0.15) is 5.82 Å². The molecule has 3 N–H and O–H groups in total. The van der Waals surface area contributed by atoms with Crippen LogP contribution in [0.4, 0.5) is 15.8 Å². The van der Waals surface area contributed by atoms with Crippen LogP contribution in [-0.4, -0.2) is 37.4 Å². The predicted octanol–water partition coefficient (Wildman–Crippen LogP) is 2.43. The molecule has 0 saturated carbocycles. The summed E-state index contributed by atoms with van der Waals surface area (Å²) >= 11 is 0. The number of hydrogen-bond donors (Lipinski definition) is 3. The molecule has 2 aromatic rings. The second-order valence-electron chi connectivity index (χ2n) is 6.41. The number of ether oxygens (including phenoxy) is 1. The monoisotopic (exact) mass is 344 g/mol. The Kier molecular flexibility index (Phi) is 5.31. The van der Waals surface area contributed by atoms with Crippen molar-refractivity contribution >= 4 is 17.3 Å². The highest BCUT2D eigenvalue weighted by molar-refractivity contribution is 5.92. The van der Waals surface area contributed by atoms with E-state index in [0.29, 0.717) is 19.8 Å². The topological polar surface area (TPSA) is 70.6 Å². The summed E-state index contributed by atoms with van der Waals surface area (Å²) in [5, 5.41) is 15.3. The minimum atomic E-state index is -0.451. The molecule has 0 aromatic heterocycles. The molecular weight excluding hydrogens is 323 g/mol. The summed E-state index contributed by atoms with van der Waals surface area (Å²) in [6, 6.07) is 13.6. The first kappa shape index (κ1) is 17.4. The average molecular weight is 344 g/mol. The maximum atomic E-state index is 13.5. The summed E-state index contributed by atoms with van der Waals surface area (Å²) in [4.78, 5) is 12.0. The number of nitrogens with one attached hydrogen (secondary N) is 2. The van der Waals surface area contributed by atoms with Gasteiger partial charge in [0, 0.05) is 12.2 Å². The minimum absolute atomic E-state index is 0.0916. The Balaban J connectivity index is 1.52. The van der Waals surface area contributed by atoms with Crippen LogP contribution in [0.3, 0.4) is 0 Å². The summed E-state index contributed by atoms with van der Waals surface area (Å²) in [5.41, 5.74) is 1.74. The van der Waals surface area contributed by atoms with Crippen LogP contribution in [0.25, 0.3) is 0 Å². The number of benzene rings is 2. The van der Waals surface area contributed by atoms with Crippen molar-refractivity contribution in [1.29, 1.82) is 0 Å². The van der Waals surface area contributed by atoms with Gasteiger partial charge in [0.05, 0.1) is 37.3 Å². The Labute approximate surface area is 145 Å². The molecule has 5 nitrogen and oxygen atoms in total. The molecule has 0 spiro atoms. The van der Waals surface area contributed by atoms with E-state index in [2.05, 4.69) is 10.6 Å². The molecule has 25 heavy (non-hydrogen) atoms. The fourth-order valence-corrected chi connectivity index (χ4v) is 2.61. The summed E-state index contributed by atoms with van der Waals surface area (Å²) in [6.07, 6.45) is 0.170. The lowest BCUT2D eigenvalue weighted by Gasteiger charge is -2.40. The Bertz CT molecular complexity index is 724. The molecule has 1 aliphatic rings. The summed E-state index contributed by atoms with van der Waals surface area (Å²) in [6.45, 7) is 1.85. The Morgan fingerprint density at radius 3 is 2.48 bits per heavy atom. The molecule has 1 amide bonds. The van der Waals surface area contributed by atoms with Crippen LogP contribution in [0.5, 0.6) is 0 Å². The van der Waals surface area contributed by atoms with Gasteiger partial charge in [-0.25, -0.2) is 4.39 Å². The van der Waals surface area contributed by atoms with Crippen LogP contribution in [0.1, 0.15) is 5.56 Å². The number of hydrogen-bond acceptors (Lipinski definition) is 4. The third kappa shape index (κ3) is 4.35. The van der Waals surface area contributed by atoms with Crippen LogP contribution in [0.15, 0.2) is 48.5 Å². The molecule has 1 saturated heterocycles. The second-order valence-corrected chi connectivity index (χ2v) is 6.41. The van der Waals surface area contributed by atoms with Crippen molar-refractivity contribution in [3.05, 3.63) is 59.9 Å². The van der Waals surface area contributed by atoms with E-state index < -0.39 is 5.82 Å². The van der Waals surface area contributed by atoms with E-state index in [-0.39, 0.29) is 30.0 Å². The minimum Gasteiger partial charge on any atom is -0.396 e. The number of para-hydroxylation sites is 1. The standard InChI is InChI=1S/C19H21FN2O3/c20-16-3-1-2-4-17(16)22-18(24)9-14-5-7-15(8-6-14)21-10-19(11-23)12-25-13-19/h1-8,21,23H,9-13H2,(H,22,24). The first-order valence-corrected chi connectivity index (χ1v) is 8.16. The zero-order valence-corrected chi connectivity index (χ0v) is 13.8. The van der Waals surface area contributed by atoms with Gasteiger partial charge < -0.3 is 20.5 Å². The highest BCUT2D eigenvalue weighted by Gasteiger charge is 2.37. The van der Waals surface area contributed by atoms with Gasteiger partial charge in [-0.3, -0.25) is 4.79 Å². The fourth-order valence-electron chi connectivity index (χ4n) is 2.61. The lowest BCUT2D eigenvalue weighted by atomic mass is 9.87. The van der Waals surface area contributed by atoms with Crippen molar-refractivity contribution in [1.82, 2.24) is 0 Å². The van der Waals surface area contributed by atoms with Gasteiger partial charge in [0.2, 0.25) is 5.91 Å². The molecule has 2 aromatic carbocycles. The molecule has 1 heterocycles. The number of amides is 1. The number of anilines is 2. The first-order valence-electron chi connectivity index (χ1n) is 8.16. The third-order valence-corrected chi connectivity index (χ3v) is 4.29. The van der Waals surface area contributed by atoms with Crippen LogP contribution in [0, 0.1) is 11.2 Å². The van der Waals surface area contributed by atoms with E-state index in [1.165, 1.54) is 12.1 Å². The average Bonchev–Trinajstić information content (AvgIpc) is 2.58. The number of aliphatic hydroxyl groups is 1. The highest BCUT2D eigenvalue weighted by atomic mass is 19.1. The summed E-state index contributed by atoms with van der Waals surface area (Å²) in [5.74, 6) is -0.718. The molecule has 0 bridgehead atoms. The van der Waals surface area contributed by atoms with Crippen molar-refractivity contribution in [2.45, 2.75) is 6.42 Å².